The third-order valence-corrected chi connectivity index (χ3v) is 6.11. The first-order valence-corrected chi connectivity index (χ1v) is 11.4. The molecule has 1 heterocycles. The second kappa shape index (κ2) is 12.9. The van der Waals surface area contributed by atoms with Gasteiger partial charge in [0.2, 0.25) is 0 Å². The van der Waals surface area contributed by atoms with Crippen LogP contribution in [0.5, 0.6) is 0 Å². The molecule has 3 rings (SSSR count). The van der Waals surface area contributed by atoms with Gasteiger partial charge < -0.3 is 20.4 Å². The van der Waals surface area contributed by atoms with Gasteiger partial charge in [-0.3, -0.25) is 4.79 Å². The largest absolute Gasteiger partial charge is 0.467 e. The number of furan rings is 1. The number of guanidine groups is 1. The van der Waals surface area contributed by atoms with E-state index in [1.165, 1.54) is 19.3 Å². The van der Waals surface area contributed by atoms with E-state index in [1.807, 2.05) is 48.2 Å². The number of nitrogens with zero attached hydrogens (tertiary/aromatic N) is 1. The molecule has 1 aliphatic carbocycles. The second-order valence-corrected chi connectivity index (χ2v) is 8.31. The van der Waals surface area contributed by atoms with Crippen molar-refractivity contribution in [2.24, 2.45) is 4.99 Å². The number of rotatable bonds is 8. The molecule has 2 unspecified atom stereocenters. The Balaban J connectivity index is 0.00000320. The number of amides is 1. The normalized spacial score (nSPS) is 18.5. The van der Waals surface area contributed by atoms with E-state index >= 15 is 0 Å². The van der Waals surface area contributed by atoms with Crippen LogP contribution in [-0.4, -0.2) is 36.0 Å². The van der Waals surface area contributed by atoms with E-state index in [4.69, 9.17) is 9.41 Å². The molecule has 1 fully saturated rings. The number of aliphatic imine (C=N–C) groups is 1. The van der Waals surface area contributed by atoms with Crippen LogP contribution >= 0.6 is 35.7 Å². The van der Waals surface area contributed by atoms with Gasteiger partial charge >= 0.3 is 0 Å². The first kappa shape index (κ1) is 24.6. The summed E-state index contributed by atoms with van der Waals surface area (Å²) in [6.07, 6.45) is 7.40. The van der Waals surface area contributed by atoms with E-state index < -0.39 is 0 Å². The van der Waals surface area contributed by atoms with Gasteiger partial charge in [0.1, 0.15) is 5.76 Å². The Morgan fingerprint density at radius 1 is 1.23 bits per heavy atom. The van der Waals surface area contributed by atoms with E-state index in [0.29, 0.717) is 24.7 Å². The van der Waals surface area contributed by atoms with Gasteiger partial charge in [0.25, 0.3) is 5.91 Å². The number of thioether (sulfide) groups is 1. The Hall–Kier alpha value is -1.68. The summed E-state index contributed by atoms with van der Waals surface area (Å²) in [7, 11) is 0. The highest BCUT2D eigenvalue weighted by molar-refractivity contribution is 14.0. The van der Waals surface area contributed by atoms with Crippen LogP contribution in [0, 0.1) is 0 Å². The SMILES string of the molecule is CCNC(=NCc1cccc(C(=O)NCc2ccco2)c1)NC1CCC(SC)C1.I. The summed E-state index contributed by atoms with van der Waals surface area (Å²) < 4.78 is 5.25. The molecule has 1 aliphatic rings. The van der Waals surface area contributed by atoms with Crippen molar-refractivity contribution in [1.29, 1.82) is 0 Å². The van der Waals surface area contributed by atoms with Crippen molar-refractivity contribution in [3.8, 4) is 0 Å². The van der Waals surface area contributed by atoms with Crippen LogP contribution in [0.25, 0.3) is 0 Å². The fourth-order valence-electron chi connectivity index (χ4n) is 3.46. The molecule has 1 amide bonds. The van der Waals surface area contributed by atoms with Gasteiger partial charge in [-0.2, -0.15) is 11.8 Å². The van der Waals surface area contributed by atoms with E-state index in [2.05, 4.69) is 29.1 Å². The minimum atomic E-state index is -0.119. The minimum Gasteiger partial charge on any atom is -0.467 e. The molecule has 0 radical (unpaired) electrons. The number of nitrogens with one attached hydrogen (secondary N) is 3. The summed E-state index contributed by atoms with van der Waals surface area (Å²) >= 11 is 1.95. The van der Waals surface area contributed by atoms with E-state index in [0.717, 1.165) is 29.1 Å². The number of carbonyl (C=O) groups excluding carboxylic acids is 1. The van der Waals surface area contributed by atoms with E-state index in [1.54, 1.807) is 6.26 Å². The predicted molar refractivity (Wildman–Crippen MR) is 135 cm³/mol. The monoisotopic (exact) mass is 542 g/mol. The average molecular weight is 542 g/mol. The lowest BCUT2D eigenvalue weighted by molar-refractivity contribution is 0.0948. The highest BCUT2D eigenvalue weighted by Crippen LogP contribution is 2.28. The second-order valence-electron chi connectivity index (χ2n) is 7.17. The molecule has 3 N–H and O–H groups in total. The molecule has 0 aliphatic heterocycles. The summed E-state index contributed by atoms with van der Waals surface area (Å²) in [4.78, 5) is 17.1. The molecule has 164 valence electrons. The highest BCUT2D eigenvalue weighted by atomic mass is 127. The Morgan fingerprint density at radius 3 is 2.80 bits per heavy atom. The van der Waals surface area contributed by atoms with Gasteiger partial charge in [-0.25, -0.2) is 4.99 Å². The fraction of sp³-hybridized carbons (Fsp3) is 0.455. The van der Waals surface area contributed by atoms with E-state index in [9.17, 15) is 4.79 Å². The quantitative estimate of drug-likeness (QED) is 0.265. The molecule has 2 atom stereocenters. The fourth-order valence-corrected chi connectivity index (χ4v) is 4.26. The van der Waals surface area contributed by atoms with Crippen LogP contribution in [-0.2, 0) is 13.1 Å². The van der Waals surface area contributed by atoms with Crippen molar-refractivity contribution in [2.45, 2.75) is 50.6 Å². The third-order valence-electron chi connectivity index (χ3n) is 5.02. The molecule has 0 saturated heterocycles. The zero-order chi connectivity index (χ0) is 20.5. The van der Waals surface area contributed by atoms with Gasteiger partial charge in [0.15, 0.2) is 5.96 Å². The summed E-state index contributed by atoms with van der Waals surface area (Å²) in [5.74, 6) is 1.45. The lowest BCUT2D eigenvalue weighted by atomic mass is 10.1. The summed E-state index contributed by atoms with van der Waals surface area (Å²) in [6.45, 7) is 3.79. The van der Waals surface area contributed by atoms with Crippen molar-refractivity contribution in [1.82, 2.24) is 16.0 Å². The molecule has 1 aromatic heterocycles. The van der Waals surface area contributed by atoms with Crippen molar-refractivity contribution >= 4 is 47.6 Å². The first-order valence-electron chi connectivity index (χ1n) is 10.1. The number of hydrogen-bond donors (Lipinski definition) is 3. The Kier molecular flexibility index (Phi) is 10.6. The van der Waals surface area contributed by atoms with Crippen molar-refractivity contribution < 1.29 is 9.21 Å². The number of halogens is 1. The number of hydrogen-bond acceptors (Lipinski definition) is 4. The van der Waals surface area contributed by atoms with Crippen LogP contribution in [0.15, 0.2) is 52.1 Å². The third kappa shape index (κ3) is 7.54. The van der Waals surface area contributed by atoms with Gasteiger partial charge in [0.05, 0.1) is 19.4 Å². The molecular weight excluding hydrogens is 511 g/mol. The van der Waals surface area contributed by atoms with E-state index in [-0.39, 0.29) is 29.9 Å². The lowest BCUT2D eigenvalue weighted by Gasteiger charge is -2.17. The predicted octanol–water partition coefficient (Wildman–Crippen LogP) is 4.17. The smallest absolute Gasteiger partial charge is 0.251 e. The first-order chi connectivity index (χ1) is 14.2. The molecule has 1 saturated carbocycles. The zero-order valence-electron chi connectivity index (χ0n) is 17.5. The molecule has 6 nitrogen and oxygen atoms in total. The van der Waals surface area contributed by atoms with Gasteiger partial charge in [0, 0.05) is 23.4 Å². The van der Waals surface area contributed by atoms with Crippen LogP contribution in [0.2, 0.25) is 0 Å². The molecule has 8 heteroatoms. The maximum absolute atomic E-state index is 12.4. The Labute approximate surface area is 200 Å². The summed E-state index contributed by atoms with van der Waals surface area (Å²) in [6, 6.07) is 11.7. The molecule has 0 spiro atoms. The van der Waals surface area contributed by atoms with Crippen molar-refractivity contribution in [2.75, 3.05) is 12.8 Å². The molecule has 2 aromatic rings. The average Bonchev–Trinajstić information content (AvgIpc) is 3.42. The molecule has 30 heavy (non-hydrogen) atoms. The van der Waals surface area contributed by atoms with Crippen LogP contribution < -0.4 is 16.0 Å². The zero-order valence-corrected chi connectivity index (χ0v) is 20.7. The van der Waals surface area contributed by atoms with Crippen LogP contribution in [0.3, 0.4) is 0 Å². The van der Waals surface area contributed by atoms with Crippen LogP contribution in [0.1, 0.15) is 47.9 Å². The van der Waals surface area contributed by atoms with Gasteiger partial charge in [-0.05, 0) is 62.3 Å². The van der Waals surface area contributed by atoms with Crippen molar-refractivity contribution in [3.63, 3.8) is 0 Å². The molecular formula is C22H31IN4O2S. The highest BCUT2D eigenvalue weighted by Gasteiger charge is 2.24. The summed E-state index contributed by atoms with van der Waals surface area (Å²) in [5.41, 5.74) is 1.63. The maximum Gasteiger partial charge on any atom is 0.251 e. The standard InChI is InChI=1S/C22H30N4O2S.HI/c1-3-23-22(26-18-9-10-20(13-18)29-2)25-14-16-6-4-7-17(12-16)21(27)24-15-19-8-5-11-28-19;/h4-8,11-12,18,20H,3,9-10,13-15H2,1-2H3,(H,24,27)(H2,23,25,26);1H. The lowest BCUT2D eigenvalue weighted by Crippen LogP contribution is -2.42. The van der Waals surface area contributed by atoms with Gasteiger partial charge in [-0.1, -0.05) is 12.1 Å². The molecule has 1 aromatic carbocycles. The molecule has 0 bridgehead atoms. The Bertz CT molecular complexity index is 813. The van der Waals surface area contributed by atoms with Crippen LogP contribution in [0.4, 0.5) is 0 Å². The van der Waals surface area contributed by atoms with Gasteiger partial charge in [-0.15, -0.1) is 24.0 Å². The number of benzene rings is 1. The minimum absolute atomic E-state index is 0. The number of carbonyl (C=O) groups is 1. The Morgan fingerprint density at radius 2 is 2.10 bits per heavy atom. The van der Waals surface area contributed by atoms with Crippen molar-refractivity contribution in [3.05, 3.63) is 59.5 Å². The summed E-state index contributed by atoms with van der Waals surface area (Å²) in [5, 5.41) is 10.5. The maximum atomic E-state index is 12.4. The topological polar surface area (TPSA) is 78.7 Å².